The molecule has 0 radical (unpaired) electrons. The maximum Gasteiger partial charge on any atom is 0.0830 e. The summed E-state index contributed by atoms with van der Waals surface area (Å²) >= 11 is 0. The molecular weight excluding hydrogens is 246 g/mol. The number of aliphatic hydroxyl groups excluding tert-OH is 1. The minimum absolute atomic E-state index is 0.485. The Labute approximate surface area is 118 Å². The first-order valence-corrected chi connectivity index (χ1v) is 6.81. The molecule has 1 N–H and O–H groups in total. The van der Waals surface area contributed by atoms with E-state index in [0.717, 1.165) is 22.0 Å². The van der Waals surface area contributed by atoms with Gasteiger partial charge in [0, 0.05) is 18.0 Å². The molecule has 1 aromatic heterocycles. The maximum atomic E-state index is 10.4. The molecule has 20 heavy (non-hydrogen) atoms. The van der Waals surface area contributed by atoms with E-state index >= 15 is 0 Å². The predicted molar refractivity (Wildman–Crippen MR) is 81.6 cm³/mol. The Hall–Kier alpha value is -2.19. The number of benzene rings is 2. The molecule has 0 fully saturated rings. The van der Waals surface area contributed by atoms with Gasteiger partial charge in [0.05, 0.1) is 11.6 Å². The third kappa shape index (κ3) is 2.56. The third-order valence-corrected chi connectivity index (χ3v) is 3.61. The van der Waals surface area contributed by atoms with E-state index in [4.69, 9.17) is 0 Å². The molecular formula is C18H17NO. The number of aromatic nitrogens is 1. The normalized spacial score (nSPS) is 12.5. The van der Waals surface area contributed by atoms with E-state index in [2.05, 4.69) is 11.1 Å². The smallest absolute Gasteiger partial charge is 0.0830 e. The van der Waals surface area contributed by atoms with Gasteiger partial charge in [0.15, 0.2) is 0 Å². The van der Waals surface area contributed by atoms with Gasteiger partial charge in [-0.3, -0.25) is 4.98 Å². The van der Waals surface area contributed by atoms with Crippen molar-refractivity contribution in [1.29, 1.82) is 0 Å². The van der Waals surface area contributed by atoms with Crippen LogP contribution >= 0.6 is 0 Å². The van der Waals surface area contributed by atoms with Gasteiger partial charge < -0.3 is 5.11 Å². The Morgan fingerprint density at radius 3 is 2.55 bits per heavy atom. The molecule has 1 atom stereocenters. The summed E-state index contributed by atoms with van der Waals surface area (Å²) in [5.41, 5.74) is 4.26. The first kappa shape index (κ1) is 12.8. The van der Waals surface area contributed by atoms with Crippen LogP contribution in [0, 0.1) is 6.92 Å². The number of aryl methyl sites for hydroxylation is 1. The lowest BCUT2D eigenvalue weighted by atomic mass is 9.98. The molecule has 3 rings (SSSR count). The Morgan fingerprint density at radius 2 is 1.75 bits per heavy atom. The summed E-state index contributed by atoms with van der Waals surface area (Å²) in [7, 11) is 0. The number of para-hydroxylation sites is 1. The SMILES string of the molecule is Cc1ccc(C(O)Cc2ccnc3ccccc23)cc1. The number of pyridine rings is 1. The van der Waals surface area contributed by atoms with E-state index in [-0.39, 0.29) is 0 Å². The molecule has 0 spiro atoms. The Kier molecular flexibility index (Phi) is 3.48. The highest BCUT2D eigenvalue weighted by molar-refractivity contribution is 5.81. The number of nitrogens with zero attached hydrogens (tertiary/aromatic N) is 1. The standard InChI is InChI=1S/C18H17NO/c1-13-6-8-14(9-7-13)18(20)12-15-10-11-19-17-5-3-2-4-16(15)17/h2-11,18,20H,12H2,1H3. The maximum absolute atomic E-state index is 10.4. The summed E-state index contributed by atoms with van der Waals surface area (Å²) in [5.74, 6) is 0. The van der Waals surface area contributed by atoms with Gasteiger partial charge >= 0.3 is 0 Å². The lowest BCUT2D eigenvalue weighted by molar-refractivity contribution is 0.179. The Bertz CT molecular complexity index is 714. The van der Waals surface area contributed by atoms with Crippen LogP contribution < -0.4 is 0 Å². The van der Waals surface area contributed by atoms with Crippen LogP contribution in [0.4, 0.5) is 0 Å². The van der Waals surface area contributed by atoms with Crippen molar-refractivity contribution < 1.29 is 5.11 Å². The molecule has 0 saturated carbocycles. The fraction of sp³-hybridized carbons (Fsp3) is 0.167. The van der Waals surface area contributed by atoms with Gasteiger partial charge in [-0.25, -0.2) is 0 Å². The molecule has 0 aliphatic carbocycles. The van der Waals surface area contributed by atoms with Gasteiger partial charge in [-0.05, 0) is 30.2 Å². The van der Waals surface area contributed by atoms with Gasteiger partial charge in [0.2, 0.25) is 0 Å². The van der Waals surface area contributed by atoms with Crippen molar-refractivity contribution in [2.75, 3.05) is 0 Å². The van der Waals surface area contributed by atoms with E-state index in [1.54, 1.807) is 6.20 Å². The molecule has 0 aliphatic heterocycles. The number of aliphatic hydroxyl groups is 1. The largest absolute Gasteiger partial charge is 0.388 e. The van der Waals surface area contributed by atoms with E-state index in [0.29, 0.717) is 6.42 Å². The molecule has 1 heterocycles. The first-order valence-electron chi connectivity index (χ1n) is 6.81. The van der Waals surface area contributed by atoms with Crippen LogP contribution in [0.5, 0.6) is 0 Å². The molecule has 2 aromatic carbocycles. The highest BCUT2D eigenvalue weighted by atomic mass is 16.3. The third-order valence-electron chi connectivity index (χ3n) is 3.61. The van der Waals surface area contributed by atoms with Crippen LogP contribution in [0.15, 0.2) is 60.8 Å². The topological polar surface area (TPSA) is 33.1 Å². The minimum atomic E-state index is -0.485. The van der Waals surface area contributed by atoms with Crippen LogP contribution in [-0.2, 0) is 6.42 Å². The molecule has 2 heteroatoms. The Balaban J connectivity index is 1.91. The second kappa shape index (κ2) is 5.43. The van der Waals surface area contributed by atoms with Crippen LogP contribution in [-0.4, -0.2) is 10.1 Å². The molecule has 2 nitrogen and oxygen atoms in total. The van der Waals surface area contributed by atoms with Crippen molar-refractivity contribution in [1.82, 2.24) is 4.98 Å². The predicted octanol–water partition coefficient (Wildman–Crippen LogP) is 3.82. The average Bonchev–Trinajstić information content (AvgIpc) is 2.48. The summed E-state index contributed by atoms with van der Waals surface area (Å²) in [6.45, 7) is 2.05. The summed E-state index contributed by atoms with van der Waals surface area (Å²) in [4.78, 5) is 4.35. The van der Waals surface area contributed by atoms with E-state index in [1.165, 1.54) is 5.56 Å². The number of fused-ring (bicyclic) bond motifs is 1. The first-order chi connectivity index (χ1) is 9.74. The quantitative estimate of drug-likeness (QED) is 0.779. The zero-order chi connectivity index (χ0) is 13.9. The molecule has 0 bridgehead atoms. The van der Waals surface area contributed by atoms with Crippen molar-refractivity contribution in [3.8, 4) is 0 Å². The lowest BCUT2D eigenvalue weighted by Gasteiger charge is -2.13. The second-order valence-electron chi connectivity index (χ2n) is 5.12. The van der Waals surface area contributed by atoms with E-state index in [9.17, 15) is 5.11 Å². The monoisotopic (exact) mass is 263 g/mol. The molecule has 0 saturated heterocycles. The van der Waals surface area contributed by atoms with Gasteiger partial charge in [-0.1, -0.05) is 48.0 Å². The molecule has 1 unspecified atom stereocenters. The minimum Gasteiger partial charge on any atom is -0.388 e. The highest BCUT2D eigenvalue weighted by Gasteiger charge is 2.10. The van der Waals surface area contributed by atoms with Crippen molar-refractivity contribution in [3.05, 3.63) is 77.5 Å². The molecule has 0 aliphatic rings. The molecule has 3 aromatic rings. The lowest BCUT2D eigenvalue weighted by Crippen LogP contribution is -2.02. The number of rotatable bonds is 3. The highest BCUT2D eigenvalue weighted by Crippen LogP contribution is 2.23. The van der Waals surface area contributed by atoms with Gasteiger partial charge in [-0.15, -0.1) is 0 Å². The molecule has 0 amide bonds. The van der Waals surface area contributed by atoms with Gasteiger partial charge in [0.25, 0.3) is 0 Å². The van der Waals surface area contributed by atoms with Crippen LogP contribution in [0.2, 0.25) is 0 Å². The Morgan fingerprint density at radius 1 is 1.00 bits per heavy atom. The van der Waals surface area contributed by atoms with Gasteiger partial charge in [0.1, 0.15) is 0 Å². The van der Waals surface area contributed by atoms with Crippen molar-refractivity contribution in [2.24, 2.45) is 0 Å². The van der Waals surface area contributed by atoms with Crippen LogP contribution in [0.1, 0.15) is 22.8 Å². The van der Waals surface area contributed by atoms with Crippen molar-refractivity contribution in [3.63, 3.8) is 0 Å². The average molecular weight is 263 g/mol. The van der Waals surface area contributed by atoms with Crippen molar-refractivity contribution in [2.45, 2.75) is 19.4 Å². The zero-order valence-electron chi connectivity index (χ0n) is 11.5. The summed E-state index contributed by atoms with van der Waals surface area (Å²) in [5, 5.41) is 11.5. The fourth-order valence-corrected chi connectivity index (χ4v) is 2.45. The van der Waals surface area contributed by atoms with E-state index < -0.39 is 6.10 Å². The number of hydrogen-bond donors (Lipinski definition) is 1. The molecule has 100 valence electrons. The van der Waals surface area contributed by atoms with Crippen LogP contribution in [0.25, 0.3) is 10.9 Å². The van der Waals surface area contributed by atoms with Gasteiger partial charge in [-0.2, -0.15) is 0 Å². The summed E-state index contributed by atoms with van der Waals surface area (Å²) in [6, 6.07) is 18.1. The zero-order valence-corrected chi connectivity index (χ0v) is 11.5. The summed E-state index contributed by atoms with van der Waals surface area (Å²) < 4.78 is 0. The van der Waals surface area contributed by atoms with E-state index in [1.807, 2.05) is 55.5 Å². The van der Waals surface area contributed by atoms with Crippen LogP contribution in [0.3, 0.4) is 0 Å². The second-order valence-corrected chi connectivity index (χ2v) is 5.12. The van der Waals surface area contributed by atoms with Crippen molar-refractivity contribution >= 4 is 10.9 Å². The number of hydrogen-bond acceptors (Lipinski definition) is 2. The summed E-state index contributed by atoms with van der Waals surface area (Å²) in [6.07, 6.45) is 1.92. The fourth-order valence-electron chi connectivity index (χ4n) is 2.45.